The number of nitrogens with two attached hydrogens (primary N) is 1. The first kappa shape index (κ1) is 13.9. The number of halogens is 1. The molecule has 0 saturated carbocycles. The van der Waals surface area contributed by atoms with E-state index in [1.165, 1.54) is 0 Å². The Balaban J connectivity index is 2.25. The number of hydrogen-bond acceptors (Lipinski definition) is 3. The average molecular weight is 302 g/mol. The molecule has 5 heteroatoms. The maximum Gasteiger partial charge on any atom is 0.137 e. The Morgan fingerprint density at radius 1 is 1.24 bits per heavy atom. The van der Waals surface area contributed by atoms with Gasteiger partial charge in [0.2, 0.25) is 0 Å². The van der Waals surface area contributed by atoms with Crippen molar-refractivity contribution in [2.24, 2.45) is 5.73 Å². The molecule has 0 aliphatic rings. The summed E-state index contributed by atoms with van der Waals surface area (Å²) in [5, 5.41) is 0.652. The number of ether oxygens (including phenoxy) is 1. The Bertz CT molecular complexity index is 782. The number of hydrogen-bond donors (Lipinski definition) is 1. The smallest absolute Gasteiger partial charge is 0.137 e. The van der Waals surface area contributed by atoms with Crippen LogP contribution in [0, 0.1) is 0 Å². The number of nitrogens with zero attached hydrogens (tertiary/aromatic N) is 2. The van der Waals surface area contributed by atoms with Gasteiger partial charge in [-0.25, -0.2) is 4.98 Å². The molecule has 21 heavy (non-hydrogen) atoms. The van der Waals surface area contributed by atoms with E-state index in [0.717, 1.165) is 28.3 Å². The minimum atomic E-state index is 0.372. The number of para-hydroxylation sites is 1. The van der Waals surface area contributed by atoms with Crippen LogP contribution in [0.3, 0.4) is 0 Å². The molecule has 0 fully saturated rings. The number of aromatic nitrogens is 2. The Hall–Kier alpha value is -2.04. The first-order valence-electron chi connectivity index (χ1n) is 6.83. The molecular formula is C16H16ClN3O. The van der Waals surface area contributed by atoms with Gasteiger partial charge < -0.3 is 14.9 Å². The Kier molecular flexibility index (Phi) is 3.82. The predicted octanol–water partition coefficient (Wildman–Crippen LogP) is 3.51. The lowest BCUT2D eigenvalue weighted by molar-refractivity contribution is 0.341. The van der Waals surface area contributed by atoms with E-state index in [1.807, 2.05) is 53.9 Å². The van der Waals surface area contributed by atoms with Gasteiger partial charge >= 0.3 is 0 Å². The van der Waals surface area contributed by atoms with E-state index in [1.54, 1.807) is 0 Å². The van der Waals surface area contributed by atoms with Crippen LogP contribution in [0.2, 0.25) is 5.02 Å². The highest BCUT2D eigenvalue weighted by atomic mass is 35.5. The molecule has 0 unspecified atom stereocenters. The van der Waals surface area contributed by atoms with E-state index in [-0.39, 0.29) is 0 Å². The lowest BCUT2D eigenvalue weighted by Gasteiger charge is -2.09. The van der Waals surface area contributed by atoms with E-state index in [9.17, 15) is 0 Å². The monoisotopic (exact) mass is 301 g/mol. The van der Waals surface area contributed by atoms with Crippen molar-refractivity contribution >= 4 is 17.2 Å². The number of rotatable bonds is 4. The van der Waals surface area contributed by atoms with Crippen molar-refractivity contribution in [2.45, 2.75) is 13.5 Å². The number of pyridine rings is 1. The van der Waals surface area contributed by atoms with Crippen molar-refractivity contribution in [1.29, 1.82) is 0 Å². The third-order valence-electron chi connectivity index (χ3n) is 3.32. The largest absolute Gasteiger partial charge is 0.493 e. The molecule has 0 saturated heterocycles. The Labute approximate surface area is 128 Å². The highest BCUT2D eigenvalue weighted by molar-refractivity contribution is 6.30. The summed E-state index contributed by atoms with van der Waals surface area (Å²) in [6.07, 6.45) is 1.83. The topological polar surface area (TPSA) is 52.5 Å². The van der Waals surface area contributed by atoms with E-state index >= 15 is 0 Å². The molecule has 2 N–H and O–H groups in total. The van der Waals surface area contributed by atoms with E-state index in [2.05, 4.69) is 4.98 Å². The Morgan fingerprint density at radius 3 is 2.81 bits per heavy atom. The summed E-state index contributed by atoms with van der Waals surface area (Å²) < 4.78 is 7.63. The van der Waals surface area contributed by atoms with Crippen molar-refractivity contribution in [1.82, 2.24) is 9.38 Å². The van der Waals surface area contributed by atoms with Gasteiger partial charge in [0.1, 0.15) is 11.4 Å². The summed E-state index contributed by atoms with van der Waals surface area (Å²) in [5.41, 5.74) is 9.45. The maximum absolute atomic E-state index is 6.07. The molecular weight excluding hydrogens is 286 g/mol. The van der Waals surface area contributed by atoms with Crippen molar-refractivity contribution < 1.29 is 4.74 Å². The fraction of sp³-hybridized carbons (Fsp3) is 0.188. The molecule has 2 aromatic heterocycles. The van der Waals surface area contributed by atoms with Gasteiger partial charge in [0.15, 0.2) is 0 Å². The lowest BCUT2D eigenvalue weighted by Crippen LogP contribution is -2.03. The Morgan fingerprint density at radius 2 is 2.05 bits per heavy atom. The summed E-state index contributed by atoms with van der Waals surface area (Å²) in [4.78, 5) is 4.68. The molecule has 1 aromatic carbocycles. The first-order valence-corrected chi connectivity index (χ1v) is 7.21. The van der Waals surface area contributed by atoms with Gasteiger partial charge in [-0.1, -0.05) is 23.7 Å². The molecule has 3 rings (SSSR count). The van der Waals surface area contributed by atoms with Gasteiger partial charge in [-0.2, -0.15) is 0 Å². The van der Waals surface area contributed by atoms with Crippen LogP contribution in [-0.2, 0) is 6.54 Å². The zero-order valence-electron chi connectivity index (χ0n) is 11.7. The molecule has 108 valence electrons. The van der Waals surface area contributed by atoms with Crippen LogP contribution >= 0.6 is 11.6 Å². The van der Waals surface area contributed by atoms with E-state index in [0.29, 0.717) is 18.2 Å². The second-order valence-electron chi connectivity index (χ2n) is 4.62. The van der Waals surface area contributed by atoms with Crippen molar-refractivity contribution in [3.63, 3.8) is 0 Å². The van der Waals surface area contributed by atoms with Crippen LogP contribution in [0.1, 0.15) is 12.6 Å². The summed E-state index contributed by atoms with van der Waals surface area (Å²) >= 11 is 6.07. The van der Waals surface area contributed by atoms with Crippen LogP contribution in [0.25, 0.3) is 16.9 Å². The highest BCUT2D eigenvalue weighted by Gasteiger charge is 2.16. The minimum absolute atomic E-state index is 0.372. The van der Waals surface area contributed by atoms with E-state index in [4.69, 9.17) is 22.1 Å². The average Bonchev–Trinajstić information content (AvgIpc) is 2.85. The molecule has 2 heterocycles. The third kappa shape index (κ3) is 2.48. The molecule has 0 aliphatic heterocycles. The van der Waals surface area contributed by atoms with Crippen LogP contribution < -0.4 is 10.5 Å². The lowest BCUT2D eigenvalue weighted by atomic mass is 10.1. The second kappa shape index (κ2) is 5.76. The maximum atomic E-state index is 6.07. The second-order valence-corrected chi connectivity index (χ2v) is 5.05. The van der Waals surface area contributed by atoms with Gasteiger partial charge in [0.25, 0.3) is 0 Å². The molecule has 0 bridgehead atoms. The van der Waals surface area contributed by atoms with Gasteiger partial charge in [-0.15, -0.1) is 0 Å². The quantitative estimate of drug-likeness (QED) is 0.802. The summed E-state index contributed by atoms with van der Waals surface area (Å²) in [6, 6.07) is 11.6. The zero-order chi connectivity index (χ0) is 14.8. The summed E-state index contributed by atoms with van der Waals surface area (Å²) in [5.74, 6) is 0.809. The van der Waals surface area contributed by atoms with Gasteiger partial charge in [-0.3, -0.25) is 0 Å². The molecule has 3 aromatic rings. The zero-order valence-corrected chi connectivity index (χ0v) is 12.5. The summed E-state index contributed by atoms with van der Waals surface area (Å²) in [7, 11) is 0. The molecule has 0 amide bonds. The van der Waals surface area contributed by atoms with E-state index < -0.39 is 0 Å². The van der Waals surface area contributed by atoms with Crippen LogP contribution in [-0.4, -0.2) is 16.0 Å². The van der Waals surface area contributed by atoms with Crippen LogP contribution in [0.5, 0.6) is 5.75 Å². The normalized spacial score (nSPS) is 11.0. The van der Waals surface area contributed by atoms with Crippen molar-refractivity contribution in [2.75, 3.05) is 6.61 Å². The molecule has 4 nitrogen and oxygen atoms in total. The van der Waals surface area contributed by atoms with Crippen molar-refractivity contribution in [3.8, 4) is 17.0 Å². The van der Waals surface area contributed by atoms with Crippen LogP contribution in [0.4, 0.5) is 0 Å². The first-order chi connectivity index (χ1) is 10.2. The molecule has 0 radical (unpaired) electrons. The number of benzene rings is 1. The molecule has 0 aliphatic carbocycles. The summed E-state index contributed by atoms with van der Waals surface area (Å²) in [6.45, 7) is 2.94. The van der Waals surface area contributed by atoms with Gasteiger partial charge in [-0.05, 0) is 31.2 Å². The third-order valence-corrected chi connectivity index (χ3v) is 3.54. The predicted molar refractivity (Wildman–Crippen MR) is 84.7 cm³/mol. The number of imidazole rings is 1. The van der Waals surface area contributed by atoms with Gasteiger partial charge in [0.05, 0.1) is 23.0 Å². The number of fused-ring (bicyclic) bond motifs is 1. The highest BCUT2D eigenvalue weighted by Crippen LogP contribution is 2.32. The SMILES string of the molecule is CCOc1ccccc1-c1nc2ccc(Cl)cn2c1CN. The fourth-order valence-electron chi connectivity index (χ4n) is 2.42. The fourth-order valence-corrected chi connectivity index (χ4v) is 2.58. The van der Waals surface area contributed by atoms with Gasteiger partial charge in [0, 0.05) is 18.3 Å². The minimum Gasteiger partial charge on any atom is -0.493 e. The standard InChI is InChI=1S/C16H16ClN3O/c1-2-21-14-6-4-3-5-12(14)16-13(9-18)20-10-11(17)7-8-15(20)19-16/h3-8,10H,2,9,18H2,1H3. The molecule has 0 atom stereocenters. The molecule has 0 spiro atoms. The van der Waals surface area contributed by atoms with Crippen LogP contribution in [0.15, 0.2) is 42.6 Å². The van der Waals surface area contributed by atoms with Crippen molar-refractivity contribution in [3.05, 3.63) is 53.3 Å².